The lowest BCUT2D eigenvalue weighted by Gasteiger charge is -2.31. The van der Waals surface area contributed by atoms with Crippen LogP contribution in [-0.4, -0.2) is 47.7 Å². The molecule has 0 saturated carbocycles. The van der Waals surface area contributed by atoms with Gasteiger partial charge in [0.15, 0.2) is 0 Å². The van der Waals surface area contributed by atoms with Crippen molar-refractivity contribution in [3.63, 3.8) is 0 Å². The first kappa shape index (κ1) is 12.1. The molecule has 1 saturated heterocycles. The molecule has 0 unspecified atom stereocenters. The number of hydrogen-bond acceptors (Lipinski definition) is 5. The van der Waals surface area contributed by atoms with Gasteiger partial charge < -0.3 is 9.80 Å². The number of hydrogen-bond donors (Lipinski definition) is 0. The highest BCUT2D eigenvalue weighted by molar-refractivity contribution is 7.15. The second-order valence-corrected chi connectivity index (χ2v) is 4.58. The summed E-state index contributed by atoms with van der Waals surface area (Å²) >= 11 is 0.458. The first-order chi connectivity index (χ1) is 7.88. The van der Waals surface area contributed by atoms with Gasteiger partial charge in [0.1, 0.15) is 0 Å². The number of likely N-dealkylation sites (N-methyl/N-ethyl adjacent to an activating group) is 1. The maximum absolute atomic E-state index is 12.3. The highest BCUT2D eigenvalue weighted by atomic mass is 32.1. The minimum absolute atomic E-state index is 0.0446. The smallest absolute Gasteiger partial charge is 0.342 e. The zero-order valence-electron chi connectivity index (χ0n) is 8.86. The minimum Gasteiger partial charge on any atom is -0.342 e. The van der Waals surface area contributed by atoms with Gasteiger partial charge in [0, 0.05) is 20.1 Å². The van der Waals surface area contributed by atoms with Crippen LogP contribution in [0.4, 0.5) is 18.3 Å². The van der Waals surface area contributed by atoms with E-state index in [1.54, 1.807) is 7.05 Å². The summed E-state index contributed by atoms with van der Waals surface area (Å²) in [4.78, 5) is 14.4. The summed E-state index contributed by atoms with van der Waals surface area (Å²) in [5.41, 5.74) is 0. The van der Waals surface area contributed by atoms with E-state index in [1.165, 1.54) is 9.80 Å². The number of alkyl halides is 3. The second-order valence-electron chi connectivity index (χ2n) is 3.62. The Morgan fingerprint density at radius 3 is 2.53 bits per heavy atom. The van der Waals surface area contributed by atoms with Gasteiger partial charge in [0.2, 0.25) is 16.0 Å². The second kappa shape index (κ2) is 4.13. The molecule has 1 aliphatic rings. The molecule has 0 spiro atoms. The van der Waals surface area contributed by atoms with Crippen molar-refractivity contribution in [2.45, 2.75) is 6.18 Å². The van der Waals surface area contributed by atoms with Gasteiger partial charge >= 0.3 is 6.18 Å². The van der Waals surface area contributed by atoms with Crippen LogP contribution in [-0.2, 0) is 11.0 Å². The summed E-state index contributed by atoms with van der Waals surface area (Å²) in [5.74, 6) is -0.139. The predicted molar refractivity (Wildman–Crippen MR) is 54.8 cm³/mol. The minimum atomic E-state index is -4.48. The molecule has 1 aliphatic heterocycles. The Bertz CT molecular complexity index is 433. The lowest BCUT2D eigenvalue weighted by Crippen LogP contribution is -2.48. The van der Waals surface area contributed by atoms with Crippen molar-refractivity contribution in [1.82, 2.24) is 15.1 Å². The van der Waals surface area contributed by atoms with Gasteiger partial charge in [-0.1, -0.05) is 11.3 Å². The fourth-order valence-corrected chi connectivity index (χ4v) is 2.12. The van der Waals surface area contributed by atoms with Gasteiger partial charge in [-0.25, -0.2) is 0 Å². The number of piperazine rings is 1. The average Bonchev–Trinajstić information content (AvgIpc) is 2.70. The fraction of sp³-hybridized carbons (Fsp3) is 0.625. The molecular formula is C8H9F3N4OS. The van der Waals surface area contributed by atoms with Crippen LogP contribution in [0.25, 0.3) is 0 Å². The van der Waals surface area contributed by atoms with Gasteiger partial charge in [0.25, 0.3) is 0 Å². The molecule has 0 N–H and O–H groups in total. The van der Waals surface area contributed by atoms with Crippen LogP contribution in [0.15, 0.2) is 0 Å². The van der Waals surface area contributed by atoms with Gasteiger partial charge in [-0.2, -0.15) is 13.2 Å². The number of amides is 1. The largest absolute Gasteiger partial charge is 0.445 e. The molecule has 5 nitrogen and oxygen atoms in total. The maximum Gasteiger partial charge on any atom is 0.445 e. The monoisotopic (exact) mass is 266 g/mol. The molecular weight excluding hydrogens is 257 g/mol. The molecule has 2 rings (SSSR count). The van der Waals surface area contributed by atoms with Crippen LogP contribution >= 0.6 is 11.3 Å². The van der Waals surface area contributed by atoms with Crippen molar-refractivity contribution in [1.29, 1.82) is 0 Å². The van der Waals surface area contributed by atoms with Crippen LogP contribution < -0.4 is 4.90 Å². The maximum atomic E-state index is 12.3. The summed E-state index contributed by atoms with van der Waals surface area (Å²) in [6, 6.07) is 0. The Morgan fingerprint density at radius 2 is 2.00 bits per heavy atom. The lowest BCUT2D eigenvalue weighted by atomic mass is 10.3. The number of rotatable bonds is 1. The van der Waals surface area contributed by atoms with Gasteiger partial charge in [-0.3, -0.25) is 4.79 Å². The van der Waals surface area contributed by atoms with E-state index in [9.17, 15) is 18.0 Å². The summed E-state index contributed by atoms with van der Waals surface area (Å²) in [7, 11) is 1.65. The molecule has 0 atom stereocenters. The molecule has 0 aliphatic carbocycles. The zero-order valence-corrected chi connectivity index (χ0v) is 9.68. The quantitative estimate of drug-likeness (QED) is 0.755. The van der Waals surface area contributed by atoms with Crippen molar-refractivity contribution in [2.75, 3.05) is 31.6 Å². The molecule has 17 heavy (non-hydrogen) atoms. The molecule has 94 valence electrons. The molecule has 1 fully saturated rings. The van der Waals surface area contributed by atoms with Crippen LogP contribution in [0.5, 0.6) is 0 Å². The Kier molecular flexibility index (Phi) is 2.94. The number of halogens is 3. The Balaban J connectivity index is 2.13. The number of carbonyl (C=O) groups excluding carboxylic acids is 1. The number of nitrogens with zero attached hydrogens (tertiary/aromatic N) is 4. The molecule has 2 heterocycles. The van der Waals surface area contributed by atoms with Crippen LogP contribution in [0.3, 0.4) is 0 Å². The molecule has 1 aromatic rings. The summed E-state index contributed by atoms with van der Waals surface area (Å²) in [6.07, 6.45) is -4.48. The van der Waals surface area contributed by atoms with E-state index >= 15 is 0 Å². The number of aromatic nitrogens is 2. The molecule has 0 aromatic carbocycles. The van der Waals surface area contributed by atoms with Crippen LogP contribution in [0.1, 0.15) is 5.01 Å². The molecule has 0 radical (unpaired) electrons. The molecule has 1 aromatic heterocycles. The van der Waals surface area contributed by atoms with Gasteiger partial charge in [-0.05, 0) is 0 Å². The third kappa shape index (κ3) is 2.48. The van der Waals surface area contributed by atoms with E-state index < -0.39 is 11.2 Å². The van der Waals surface area contributed by atoms with Crippen LogP contribution in [0.2, 0.25) is 0 Å². The Morgan fingerprint density at radius 1 is 1.29 bits per heavy atom. The standard InChI is InChI=1S/C8H9F3N4OS/c1-14-2-3-15(4-5(14)16)7-13-12-6(17-7)8(9,10)11/h2-4H2,1H3. The van der Waals surface area contributed by atoms with E-state index in [0.717, 1.165) is 0 Å². The lowest BCUT2D eigenvalue weighted by molar-refractivity contribution is -0.138. The zero-order chi connectivity index (χ0) is 12.6. The highest BCUT2D eigenvalue weighted by Crippen LogP contribution is 2.34. The first-order valence-corrected chi connectivity index (χ1v) is 5.59. The summed E-state index contributed by atoms with van der Waals surface area (Å²) < 4.78 is 37.0. The van der Waals surface area contributed by atoms with E-state index in [2.05, 4.69) is 10.2 Å². The van der Waals surface area contributed by atoms with Crippen molar-refractivity contribution >= 4 is 22.4 Å². The highest BCUT2D eigenvalue weighted by Gasteiger charge is 2.36. The molecule has 9 heteroatoms. The average molecular weight is 266 g/mol. The van der Waals surface area contributed by atoms with Gasteiger partial charge in [-0.15, -0.1) is 10.2 Å². The molecule has 1 amide bonds. The van der Waals surface area contributed by atoms with Crippen molar-refractivity contribution in [3.05, 3.63) is 5.01 Å². The van der Waals surface area contributed by atoms with E-state index in [1.807, 2.05) is 0 Å². The normalized spacial score (nSPS) is 17.8. The third-order valence-electron chi connectivity index (χ3n) is 2.38. The predicted octanol–water partition coefficient (Wildman–Crippen LogP) is 0.835. The van der Waals surface area contributed by atoms with Crippen molar-refractivity contribution in [3.8, 4) is 0 Å². The third-order valence-corrected chi connectivity index (χ3v) is 3.41. The number of carbonyl (C=O) groups is 1. The van der Waals surface area contributed by atoms with E-state index in [-0.39, 0.29) is 17.6 Å². The van der Waals surface area contributed by atoms with Gasteiger partial charge in [0.05, 0.1) is 6.54 Å². The SMILES string of the molecule is CN1CCN(c2nnc(C(F)(F)F)s2)CC1=O. The Hall–Kier alpha value is -1.38. The summed E-state index contributed by atoms with van der Waals surface area (Å²) in [5, 5.41) is 5.70. The fourth-order valence-electron chi connectivity index (χ4n) is 1.38. The van der Waals surface area contributed by atoms with Crippen molar-refractivity contribution < 1.29 is 18.0 Å². The van der Waals surface area contributed by atoms with E-state index in [4.69, 9.17) is 0 Å². The first-order valence-electron chi connectivity index (χ1n) is 4.77. The molecule has 0 bridgehead atoms. The number of anilines is 1. The topological polar surface area (TPSA) is 49.3 Å². The summed E-state index contributed by atoms with van der Waals surface area (Å²) in [6.45, 7) is 0.984. The van der Waals surface area contributed by atoms with E-state index in [0.29, 0.717) is 24.4 Å². The van der Waals surface area contributed by atoms with Crippen molar-refractivity contribution in [2.24, 2.45) is 0 Å². The Labute approximate surface area is 98.8 Å². The van der Waals surface area contributed by atoms with Crippen LogP contribution in [0, 0.1) is 0 Å².